The number of carbonyl (C=O) groups excluding carboxylic acids is 2. The van der Waals surface area contributed by atoms with Crippen LogP contribution in [0.5, 0.6) is 0 Å². The molecule has 0 aromatic heterocycles. The van der Waals surface area contributed by atoms with Crippen molar-refractivity contribution in [2.45, 2.75) is 69.9 Å². The molecule has 148 valence electrons. The Morgan fingerprint density at radius 1 is 0.667 bits per heavy atom. The molecule has 2 unspecified atom stereocenters. The maximum Gasteiger partial charge on any atom is 0.319 e. The third kappa shape index (κ3) is 3.61. The Morgan fingerprint density at radius 2 is 1.04 bits per heavy atom. The van der Waals surface area contributed by atoms with E-state index < -0.39 is 12.1 Å². The van der Waals surface area contributed by atoms with E-state index in [2.05, 4.69) is 21.9 Å². The van der Waals surface area contributed by atoms with Gasteiger partial charge in [-0.25, -0.2) is 10.9 Å². The fourth-order valence-corrected chi connectivity index (χ4v) is 5.48. The second-order valence-corrected chi connectivity index (χ2v) is 8.54. The number of hydrogen-bond acceptors (Lipinski definition) is 4. The highest BCUT2D eigenvalue weighted by Crippen LogP contribution is 2.40. The minimum atomic E-state index is -0.595. The topological polar surface area (TPSA) is 122 Å². The van der Waals surface area contributed by atoms with Crippen molar-refractivity contribution in [2.75, 3.05) is 0 Å². The van der Waals surface area contributed by atoms with E-state index >= 15 is 0 Å². The minimum Gasteiger partial charge on any atom is -0.265 e. The largest absolute Gasteiger partial charge is 0.319 e. The van der Waals surface area contributed by atoms with E-state index in [1.165, 1.54) is 6.42 Å². The summed E-state index contributed by atoms with van der Waals surface area (Å²) in [6.07, 6.45) is 9.07. The highest BCUT2D eigenvalue weighted by molar-refractivity contribution is 5.81. The first-order chi connectivity index (χ1) is 13.0. The van der Waals surface area contributed by atoms with Crippen LogP contribution in [0, 0.1) is 33.5 Å². The lowest BCUT2D eigenvalue weighted by Gasteiger charge is -2.33. The van der Waals surface area contributed by atoms with Gasteiger partial charge in [0.2, 0.25) is 0 Å². The zero-order valence-electron chi connectivity index (χ0n) is 15.4. The van der Waals surface area contributed by atoms with Gasteiger partial charge in [-0.1, -0.05) is 11.1 Å². The molecule has 2 atom stereocenters. The second-order valence-electron chi connectivity index (χ2n) is 8.54. The van der Waals surface area contributed by atoms with E-state index in [1.54, 1.807) is 0 Å². The minimum absolute atomic E-state index is 0.126. The Balaban J connectivity index is 1.21. The molecule has 4 rings (SSSR count). The van der Waals surface area contributed by atoms with Crippen LogP contribution in [-0.4, -0.2) is 33.6 Å². The van der Waals surface area contributed by atoms with Crippen molar-refractivity contribution in [3.8, 4) is 0 Å². The summed E-state index contributed by atoms with van der Waals surface area (Å²) in [5, 5.41) is 0. The summed E-state index contributed by atoms with van der Waals surface area (Å²) in [5.74, 6) is 1.11. The maximum absolute atomic E-state index is 11.8. The molecule has 27 heavy (non-hydrogen) atoms. The predicted octanol–water partition coefficient (Wildman–Crippen LogP) is 0.383. The van der Waals surface area contributed by atoms with Gasteiger partial charge in [-0.2, -0.15) is 0 Å². The highest BCUT2D eigenvalue weighted by atomic mass is 16.3. The van der Waals surface area contributed by atoms with E-state index in [1.807, 2.05) is 0 Å². The molecule has 2 aliphatic heterocycles. The molecule has 2 amide bonds. The van der Waals surface area contributed by atoms with Crippen molar-refractivity contribution in [3.05, 3.63) is 9.81 Å². The van der Waals surface area contributed by atoms with Gasteiger partial charge in [0.05, 0.1) is 9.81 Å². The molecule has 4 N–H and O–H groups in total. The van der Waals surface area contributed by atoms with Gasteiger partial charge >= 0.3 is 23.9 Å². The monoisotopic (exact) mass is 380 g/mol. The van der Waals surface area contributed by atoms with Crippen LogP contribution >= 0.6 is 0 Å². The third-order valence-electron chi connectivity index (χ3n) is 6.96. The van der Waals surface area contributed by atoms with Gasteiger partial charge in [-0.05, 0) is 69.6 Å². The lowest BCUT2D eigenvalue weighted by Crippen LogP contribution is -2.38. The first-order valence-electron chi connectivity index (χ1n) is 10.1. The predicted molar refractivity (Wildman–Crippen MR) is 92.9 cm³/mol. The molecular formula is C17H28N6O4+2. The summed E-state index contributed by atoms with van der Waals surface area (Å²) in [6, 6.07) is -1.19. The van der Waals surface area contributed by atoms with Crippen LogP contribution in [0.15, 0.2) is 0 Å². The average molecular weight is 380 g/mol. The molecule has 0 radical (unpaired) electrons. The SMILES string of the molecule is O=C1NN[N+](=O)C1C1CCC(CC2CCC(C3C(=O)NN[N+]3=O)CC2)CC1. The second kappa shape index (κ2) is 7.40. The number of nitroso groups, excluding NO2 is 2. The summed E-state index contributed by atoms with van der Waals surface area (Å²) in [7, 11) is 0. The van der Waals surface area contributed by atoms with E-state index in [0.29, 0.717) is 21.6 Å². The zero-order valence-corrected chi connectivity index (χ0v) is 15.4. The van der Waals surface area contributed by atoms with Crippen LogP contribution in [0.25, 0.3) is 0 Å². The molecule has 4 aliphatic rings. The number of amides is 2. The molecule has 2 heterocycles. The Labute approximate surface area is 157 Å². The molecule has 10 heteroatoms. The van der Waals surface area contributed by atoms with Crippen molar-refractivity contribution in [3.63, 3.8) is 0 Å². The Hall–Kier alpha value is -2.26. The van der Waals surface area contributed by atoms with Gasteiger partial charge in [0.1, 0.15) is 9.74 Å². The van der Waals surface area contributed by atoms with Crippen molar-refractivity contribution in [1.29, 1.82) is 0 Å². The molecule has 0 spiro atoms. The fraction of sp³-hybridized carbons (Fsp3) is 0.882. The first kappa shape index (κ1) is 18.1. The Kier molecular flexibility index (Phi) is 4.96. The summed E-state index contributed by atoms with van der Waals surface area (Å²) in [5.41, 5.74) is 9.48. The summed E-state index contributed by atoms with van der Waals surface area (Å²) >= 11 is 0. The molecule has 10 nitrogen and oxygen atoms in total. The van der Waals surface area contributed by atoms with Gasteiger partial charge < -0.3 is 0 Å². The van der Waals surface area contributed by atoms with Crippen molar-refractivity contribution in [2.24, 2.45) is 23.7 Å². The Bertz CT molecular complexity index is 553. The van der Waals surface area contributed by atoms with Gasteiger partial charge in [0.25, 0.3) is 0 Å². The van der Waals surface area contributed by atoms with Gasteiger partial charge in [-0.15, -0.1) is 0 Å². The highest BCUT2D eigenvalue weighted by Gasteiger charge is 2.50. The van der Waals surface area contributed by atoms with Gasteiger partial charge in [0.15, 0.2) is 0 Å². The van der Waals surface area contributed by atoms with Crippen LogP contribution in [0.3, 0.4) is 0 Å². The number of hydrogen-bond donors (Lipinski definition) is 4. The van der Waals surface area contributed by atoms with Crippen LogP contribution in [-0.2, 0) is 9.59 Å². The molecule has 2 aliphatic carbocycles. The summed E-state index contributed by atoms with van der Waals surface area (Å²) in [6.45, 7) is 0. The third-order valence-corrected chi connectivity index (χ3v) is 6.96. The number of nitrogens with one attached hydrogen (secondary N) is 4. The van der Waals surface area contributed by atoms with Crippen LogP contribution in [0.1, 0.15) is 57.8 Å². The molecular weight excluding hydrogens is 352 g/mol. The molecule has 0 bridgehead atoms. The lowest BCUT2D eigenvalue weighted by molar-refractivity contribution is -0.625. The number of carbonyl (C=O) groups is 2. The van der Waals surface area contributed by atoms with Crippen molar-refractivity contribution < 1.29 is 19.3 Å². The zero-order chi connectivity index (χ0) is 19.0. The average Bonchev–Trinajstić information content (AvgIpc) is 3.18. The fourth-order valence-electron chi connectivity index (χ4n) is 5.48. The normalized spacial score (nSPS) is 39.6. The van der Waals surface area contributed by atoms with Gasteiger partial charge in [0, 0.05) is 11.8 Å². The summed E-state index contributed by atoms with van der Waals surface area (Å²) in [4.78, 5) is 48.4. The molecule has 0 aromatic carbocycles. The van der Waals surface area contributed by atoms with E-state index in [9.17, 15) is 19.4 Å². The van der Waals surface area contributed by atoms with E-state index in [0.717, 1.165) is 51.4 Å². The number of rotatable bonds is 4. The molecule has 0 aromatic rings. The molecule has 2 saturated heterocycles. The smallest absolute Gasteiger partial charge is 0.265 e. The number of hydrazine groups is 4. The maximum atomic E-state index is 11.8. The number of nitrogens with zero attached hydrogens (tertiary/aromatic N) is 2. The lowest BCUT2D eigenvalue weighted by atomic mass is 9.71. The van der Waals surface area contributed by atoms with Gasteiger partial charge in [-0.3, -0.25) is 9.59 Å². The quantitative estimate of drug-likeness (QED) is 0.523. The van der Waals surface area contributed by atoms with Crippen LogP contribution in [0.4, 0.5) is 0 Å². The van der Waals surface area contributed by atoms with Crippen molar-refractivity contribution >= 4 is 11.8 Å². The van der Waals surface area contributed by atoms with Crippen LogP contribution < -0.4 is 21.9 Å². The van der Waals surface area contributed by atoms with E-state index in [-0.39, 0.29) is 23.7 Å². The van der Waals surface area contributed by atoms with E-state index in [4.69, 9.17) is 0 Å². The standard InChI is InChI=1S/C17H26N6O4/c24-16-14(22(26)20-18-16)12-5-1-10(2-6-12)9-11-3-7-13(8-4-11)15-17(25)19-21-23(15)27/h10-15H,1-9H2,(H2-2,18,19,20,21,24,25,26,27)/p+2. The summed E-state index contributed by atoms with van der Waals surface area (Å²) < 4.78 is 0. The Morgan fingerprint density at radius 3 is 1.33 bits per heavy atom. The van der Waals surface area contributed by atoms with Crippen molar-refractivity contribution in [1.82, 2.24) is 21.9 Å². The van der Waals surface area contributed by atoms with Crippen LogP contribution in [0.2, 0.25) is 0 Å². The molecule has 4 fully saturated rings. The first-order valence-corrected chi connectivity index (χ1v) is 10.1. The molecule has 2 saturated carbocycles.